The number of ether oxygens (including phenoxy) is 1. The first-order valence-electron chi connectivity index (χ1n) is 6.21. The largest absolute Gasteiger partial charge is 0.379 e. The highest BCUT2D eigenvalue weighted by Crippen LogP contribution is 2.38. The molecule has 0 radical (unpaired) electrons. The molecule has 2 fully saturated rings. The first-order valence-corrected chi connectivity index (χ1v) is 6.21. The smallest absolute Gasteiger partial charge is 0.227 e. The van der Waals surface area contributed by atoms with Crippen molar-refractivity contribution in [3.05, 3.63) is 0 Å². The SMILES string of the molecule is CC1(NC(=O)C2(CN)CCCC2)CCOC1. The van der Waals surface area contributed by atoms with Crippen LogP contribution in [0.1, 0.15) is 39.0 Å². The van der Waals surface area contributed by atoms with Gasteiger partial charge in [0.2, 0.25) is 5.91 Å². The van der Waals surface area contributed by atoms with Crippen molar-refractivity contribution in [2.45, 2.75) is 44.6 Å². The molecule has 1 saturated heterocycles. The molecule has 0 aromatic rings. The molecule has 0 aromatic carbocycles. The summed E-state index contributed by atoms with van der Waals surface area (Å²) in [5, 5.41) is 3.14. The Morgan fingerprint density at radius 1 is 1.38 bits per heavy atom. The Labute approximate surface area is 96.9 Å². The van der Waals surface area contributed by atoms with Crippen molar-refractivity contribution < 1.29 is 9.53 Å². The van der Waals surface area contributed by atoms with E-state index >= 15 is 0 Å². The molecule has 16 heavy (non-hydrogen) atoms. The van der Waals surface area contributed by atoms with E-state index in [0.717, 1.165) is 38.7 Å². The number of carbonyl (C=O) groups is 1. The van der Waals surface area contributed by atoms with Crippen molar-refractivity contribution >= 4 is 5.91 Å². The molecule has 1 atom stereocenters. The highest BCUT2D eigenvalue weighted by molar-refractivity contribution is 5.84. The zero-order chi connectivity index (χ0) is 11.6. The molecule has 1 aliphatic carbocycles. The van der Waals surface area contributed by atoms with E-state index in [1.807, 2.05) is 0 Å². The molecule has 1 unspecified atom stereocenters. The van der Waals surface area contributed by atoms with Gasteiger partial charge in [0.25, 0.3) is 0 Å². The Kier molecular flexibility index (Phi) is 3.22. The van der Waals surface area contributed by atoms with Gasteiger partial charge < -0.3 is 15.8 Å². The van der Waals surface area contributed by atoms with E-state index in [1.165, 1.54) is 0 Å². The van der Waals surface area contributed by atoms with Gasteiger partial charge in [-0.05, 0) is 26.2 Å². The van der Waals surface area contributed by atoms with Gasteiger partial charge in [0.1, 0.15) is 0 Å². The molecular formula is C12H22N2O2. The van der Waals surface area contributed by atoms with Crippen molar-refractivity contribution in [3.63, 3.8) is 0 Å². The highest BCUT2D eigenvalue weighted by Gasteiger charge is 2.43. The van der Waals surface area contributed by atoms with Crippen molar-refractivity contribution in [3.8, 4) is 0 Å². The summed E-state index contributed by atoms with van der Waals surface area (Å²) in [6.45, 7) is 3.89. The average Bonchev–Trinajstić information content (AvgIpc) is 2.87. The van der Waals surface area contributed by atoms with Gasteiger partial charge in [-0.3, -0.25) is 4.79 Å². The number of rotatable bonds is 3. The maximum atomic E-state index is 12.3. The van der Waals surface area contributed by atoms with Crippen LogP contribution in [-0.4, -0.2) is 31.2 Å². The van der Waals surface area contributed by atoms with Crippen LogP contribution in [0.25, 0.3) is 0 Å². The van der Waals surface area contributed by atoms with Gasteiger partial charge in [-0.25, -0.2) is 0 Å². The minimum absolute atomic E-state index is 0.139. The van der Waals surface area contributed by atoms with Gasteiger partial charge in [0.15, 0.2) is 0 Å². The predicted molar refractivity (Wildman–Crippen MR) is 61.9 cm³/mol. The lowest BCUT2D eigenvalue weighted by atomic mass is 9.84. The van der Waals surface area contributed by atoms with Gasteiger partial charge in [0, 0.05) is 13.2 Å². The predicted octanol–water partition coefficient (Wildman–Crippen LogP) is 0.801. The van der Waals surface area contributed by atoms with E-state index in [1.54, 1.807) is 0 Å². The number of carbonyl (C=O) groups excluding carboxylic acids is 1. The van der Waals surface area contributed by atoms with Crippen LogP contribution in [0.3, 0.4) is 0 Å². The fourth-order valence-corrected chi connectivity index (χ4v) is 2.75. The number of nitrogens with one attached hydrogen (secondary N) is 1. The summed E-state index contributed by atoms with van der Waals surface area (Å²) in [5.41, 5.74) is 5.32. The number of hydrogen-bond donors (Lipinski definition) is 2. The van der Waals surface area contributed by atoms with E-state index < -0.39 is 0 Å². The van der Waals surface area contributed by atoms with E-state index in [9.17, 15) is 4.79 Å². The summed E-state index contributed by atoms with van der Waals surface area (Å²) < 4.78 is 5.34. The van der Waals surface area contributed by atoms with Crippen LogP contribution < -0.4 is 11.1 Å². The zero-order valence-corrected chi connectivity index (χ0v) is 10.1. The van der Waals surface area contributed by atoms with Gasteiger partial charge in [0.05, 0.1) is 17.6 Å². The molecule has 4 heteroatoms. The Morgan fingerprint density at radius 2 is 2.06 bits per heavy atom. The minimum atomic E-state index is -0.300. The fourth-order valence-electron chi connectivity index (χ4n) is 2.75. The number of nitrogens with two attached hydrogens (primary N) is 1. The third kappa shape index (κ3) is 2.09. The van der Waals surface area contributed by atoms with Gasteiger partial charge >= 0.3 is 0 Å². The van der Waals surface area contributed by atoms with Crippen molar-refractivity contribution in [2.24, 2.45) is 11.1 Å². The third-order valence-corrected chi connectivity index (χ3v) is 4.07. The lowest BCUT2D eigenvalue weighted by Gasteiger charge is -2.32. The second kappa shape index (κ2) is 4.34. The molecule has 0 aromatic heterocycles. The monoisotopic (exact) mass is 226 g/mol. The molecular weight excluding hydrogens is 204 g/mol. The van der Waals surface area contributed by atoms with Crippen LogP contribution in [0.5, 0.6) is 0 Å². The Bertz CT molecular complexity index is 266. The molecule has 2 rings (SSSR count). The molecule has 0 bridgehead atoms. The maximum absolute atomic E-state index is 12.3. The number of amides is 1. The normalized spacial score (nSPS) is 32.9. The average molecular weight is 226 g/mol. The summed E-state index contributed by atoms with van der Waals surface area (Å²) in [4.78, 5) is 12.3. The summed E-state index contributed by atoms with van der Waals surface area (Å²) in [6.07, 6.45) is 5.02. The van der Waals surface area contributed by atoms with Crippen LogP contribution in [0.4, 0.5) is 0 Å². The molecule has 4 nitrogen and oxygen atoms in total. The summed E-state index contributed by atoms with van der Waals surface area (Å²) in [7, 11) is 0. The molecule has 92 valence electrons. The van der Waals surface area contributed by atoms with Crippen LogP contribution in [-0.2, 0) is 9.53 Å². The molecule has 1 saturated carbocycles. The lowest BCUT2D eigenvalue weighted by Crippen LogP contribution is -2.53. The summed E-state index contributed by atoms with van der Waals surface area (Å²) >= 11 is 0. The topological polar surface area (TPSA) is 64.4 Å². The first kappa shape index (κ1) is 11.9. The molecule has 0 spiro atoms. The van der Waals surface area contributed by atoms with E-state index in [-0.39, 0.29) is 16.9 Å². The molecule has 3 N–H and O–H groups in total. The Morgan fingerprint density at radius 3 is 2.56 bits per heavy atom. The van der Waals surface area contributed by atoms with E-state index in [0.29, 0.717) is 13.2 Å². The third-order valence-electron chi connectivity index (χ3n) is 4.07. The van der Waals surface area contributed by atoms with Crippen LogP contribution in [0, 0.1) is 5.41 Å². The molecule has 1 heterocycles. The zero-order valence-electron chi connectivity index (χ0n) is 10.1. The standard InChI is InChI=1S/C12H22N2O2/c1-11(6-7-16-9-11)14-10(15)12(8-13)4-2-3-5-12/h2-9,13H2,1H3,(H,14,15). The van der Waals surface area contributed by atoms with Gasteiger partial charge in [-0.1, -0.05) is 12.8 Å². The van der Waals surface area contributed by atoms with Crippen LogP contribution >= 0.6 is 0 Å². The summed E-state index contributed by atoms with van der Waals surface area (Å²) in [5.74, 6) is 0.139. The molecule has 1 amide bonds. The maximum Gasteiger partial charge on any atom is 0.227 e. The van der Waals surface area contributed by atoms with Crippen molar-refractivity contribution in [2.75, 3.05) is 19.8 Å². The second-order valence-electron chi connectivity index (χ2n) is 5.51. The van der Waals surface area contributed by atoms with Crippen molar-refractivity contribution in [1.29, 1.82) is 0 Å². The number of hydrogen-bond acceptors (Lipinski definition) is 3. The van der Waals surface area contributed by atoms with Crippen LogP contribution in [0.2, 0.25) is 0 Å². The van der Waals surface area contributed by atoms with E-state index in [2.05, 4.69) is 12.2 Å². The lowest BCUT2D eigenvalue weighted by molar-refractivity contribution is -0.132. The van der Waals surface area contributed by atoms with Gasteiger partial charge in [-0.15, -0.1) is 0 Å². The van der Waals surface area contributed by atoms with Crippen LogP contribution in [0.15, 0.2) is 0 Å². The minimum Gasteiger partial charge on any atom is -0.379 e. The summed E-state index contributed by atoms with van der Waals surface area (Å²) in [6, 6.07) is 0. The van der Waals surface area contributed by atoms with Gasteiger partial charge in [-0.2, -0.15) is 0 Å². The second-order valence-corrected chi connectivity index (χ2v) is 5.51. The quantitative estimate of drug-likeness (QED) is 0.748. The first-order chi connectivity index (χ1) is 7.60. The van der Waals surface area contributed by atoms with Crippen molar-refractivity contribution in [1.82, 2.24) is 5.32 Å². The van der Waals surface area contributed by atoms with E-state index in [4.69, 9.17) is 10.5 Å². The Balaban J connectivity index is 2.01. The highest BCUT2D eigenvalue weighted by atomic mass is 16.5. The fraction of sp³-hybridized carbons (Fsp3) is 0.917. The molecule has 2 aliphatic rings. The molecule has 1 aliphatic heterocycles. The Hall–Kier alpha value is -0.610.